The highest BCUT2D eigenvalue weighted by Crippen LogP contribution is 2.36. The fraction of sp³-hybridized carbons (Fsp3) is 0.346. The van der Waals surface area contributed by atoms with Gasteiger partial charge in [0.1, 0.15) is 0 Å². The minimum atomic E-state index is -4.63. The number of halogens is 3. The van der Waals surface area contributed by atoms with E-state index in [1.54, 1.807) is 23.1 Å². The third kappa shape index (κ3) is 5.94. The molecule has 1 fully saturated rings. The molecular weight excluding hydrogens is 541 g/mol. The fourth-order valence-corrected chi connectivity index (χ4v) is 4.75. The molecule has 3 aromatic heterocycles. The predicted molar refractivity (Wildman–Crippen MR) is 145 cm³/mol. The number of H-pyrrole nitrogens is 1. The summed E-state index contributed by atoms with van der Waals surface area (Å²) >= 11 is 0. The average Bonchev–Trinajstić information content (AvgIpc) is 3.70. The van der Waals surface area contributed by atoms with Crippen LogP contribution in [-0.4, -0.2) is 73.6 Å². The maximum atomic E-state index is 13.4. The summed E-state index contributed by atoms with van der Waals surface area (Å²) in [6, 6.07) is 4.99. The summed E-state index contributed by atoms with van der Waals surface area (Å²) in [7, 11) is 0. The number of nitrogens with two attached hydrogens (primary N) is 1. The molecular formula is C26H29F3N10O2. The number of anilines is 2. The fourth-order valence-electron chi connectivity index (χ4n) is 4.75. The quantitative estimate of drug-likeness (QED) is 0.204. The van der Waals surface area contributed by atoms with E-state index in [-0.39, 0.29) is 42.3 Å². The molecule has 15 heteroatoms. The van der Waals surface area contributed by atoms with Gasteiger partial charge in [-0.25, -0.2) is 14.8 Å². The van der Waals surface area contributed by atoms with E-state index in [2.05, 4.69) is 36.1 Å². The van der Waals surface area contributed by atoms with E-state index in [0.717, 1.165) is 12.0 Å². The van der Waals surface area contributed by atoms with Crippen molar-refractivity contribution >= 4 is 29.1 Å². The smallest absolute Gasteiger partial charge is 0.350 e. The van der Waals surface area contributed by atoms with Crippen LogP contribution in [0.5, 0.6) is 0 Å². The van der Waals surface area contributed by atoms with Gasteiger partial charge in [0, 0.05) is 62.1 Å². The van der Waals surface area contributed by atoms with Crippen LogP contribution in [-0.2, 0) is 12.6 Å². The summed E-state index contributed by atoms with van der Waals surface area (Å²) in [6.07, 6.45) is 2.18. The number of imidazole rings is 1. The number of amides is 3. The summed E-state index contributed by atoms with van der Waals surface area (Å²) in [6.45, 7) is 3.60. The number of aromatic nitrogens is 5. The van der Waals surface area contributed by atoms with Gasteiger partial charge in [0.2, 0.25) is 0 Å². The minimum absolute atomic E-state index is 0.000152. The van der Waals surface area contributed by atoms with Crippen molar-refractivity contribution in [2.45, 2.75) is 32.0 Å². The van der Waals surface area contributed by atoms with Gasteiger partial charge < -0.3 is 26.6 Å². The number of rotatable bonds is 8. The molecule has 1 atom stereocenters. The zero-order valence-corrected chi connectivity index (χ0v) is 22.1. The first-order chi connectivity index (χ1) is 19.7. The topological polar surface area (TPSA) is 158 Å². The standard InChI is InChI=1S/C26H29F3N10O2/c1-2-15-11-17(3-4-18(15)24(40)32-6-7-33-25(41)38-9-5-16(30)14-38)36-22-23-34-13-20(39(23)10-8-31-22)19-12-35-37-21(19)26(27,28)29/h3-4,8,10-13,16H,2,5-7,9,14,30H2,1H3,(H,31,36)(H,32,40)(H,33,41)(H,35,37). The molecule has 0 spiro atoms. The second-order valence-corrected chi connectivity index (χ2v) is 9.59. The summed E-state index contributed by atoms with van der Waals surface area (Å²) in [4.78, 5) is 35.3. The molecule has 1 aromatic carbocycles. The maximum absolute atomic E-state index is 13.4. The van der Waals surface area contributed by atoms with Crippen LogP contribution in [0.3, 0.4) is 0 Å². The van der Waals surface area contributed by atoms with Crippen molar-refractivity contribution in [3.8, 4) is 11.3 Å². The molecule has 0 radical (unpaired) electrons. The third-order valence-corrected chi connectivity index (χ3v) is 6.81. The van der Waals surface area contributed by atoms with E-state index in [1.807, 2.05) is 6.92 Å². The number of hydrogen-bond acceptors (Lipinski definition) is 7. The Morgan fingerprint density at radius 3 is 2.73 bits per heavy atom. The second-order valence-electron chi connectivity index (χ2n) is 9.59. The molecule has 216 valence electrons. The molecule has 0 saturated carbocycles. The van der Waals surface area contributed by atoms with Gasteiger partial charge in [-0.05, 0) is 36.6 Å². The molecule has 4 aromatic rings. The lowest BCUT2D eigenvalue weighted by atomic mass is 10.0. The number of carbonyl (C=O) groups excluding carboxylic acids is 2. The number of likely N-dealkylation sites (tertiary alicyclic amines) is 1. The largest absolute Gasteiger partial charge is 0.435 e. The molecule has 1 saturated heterocycles. The Bertz CT molecular complexity index is 1560. The zero-order chi connectivity index (χ0) is 29.1. The lowest BCUT2D eigenvalue weighted by Crippen LogP contribution is -2.42. The Labute approximate surface area is 232 Å². The Hall–Kier alpha value is -4.66. The van der Waals surface area contributed by atoms with E-state index in [9.17, 15) is 22.8 Å². The van der Waals surface area contributed by atoms with Crippen molar-refractivity contribution in [2.24, 2.45) is 5.73 Å². The number of fused-ring (bicyclic) bond motifs is 1. The molecule has 1 aliphatic rings. The monoisotopic (exact) mass is 570 g/mol. The molecule has 1 unspecified atom stereocenters. The number of nitrogens with one attached hydrogen (secondary N) is 4. The molecule has 1 aliphatic heterocycles. The van der Waals surface area contributed by atoms with Gasteiger partial charge in [-0.2, -0.15) is 18.3 Å². The summed E-state index contributed by atoms with van der Waals surface area (Å²) < 4.78 is 41.7. The van der Waals surface area contributed by atoms with E-state index in [1.165, 1.54) is 29.2 Å². The highest BCUT2D eigenvalue weighted by atomic mass is 19.4. The SMILES string of the molecule is CCc1cc(Nc2nccn3c(-c4c[nH]nc4C(F)(F)F)cnc23)ccc1C(=O)NCCNC(=O)N1CCC(N)C1. The van der Waals surface area contributed by atoms with Crippen LogP contribution >= 0.6 is 0 Å². The van der Waals surface area contributed by atoms with Crippen LogP contribution in [0.4, 0.5) is 29.5 Å². The summed E-state index contributed by atoms with van der Waals surface area (Å²) in [5, 5.41) is 14.4. The minimum Gasteiger partial charge on any atom is -0.350 e. The van der Waals surface area contributed by atoms with Crippen molar-refractivity contribution in [3.63, 3.8) is 0 Å². The molecule has 5 rings (SSSR count). The van der Waals surface area contributed by atoms with E-state index in [0.29, 0.717) is 42.2 Å². The second kappa shape index (κ2) is 11.4. The normalized spacial score (nSPS) is 15.3. The Balaban J connectivity index is 1.26. The molecule has 3 amide bonds. The Morgan fingerprint density at radius 2 is 2.00 bits per heavy atom. The van der Waals surface area contributed by atoms with Gasteiger partial charge in [0.05, 0.1) is 17.5 Å². The lowest BCUT2D eigenvalue weighted by molar-refractivity contribution is -0.140. The molecule has 41 heavy (non-hydrogen) atoms. The summed E-state index contributed by atoms with van der Waals surface area (Å²) in [5.41, 5.74) is 7.07. The number of benzene rings is 1. The Kier molecular flexibility index (Phi) is 7.79. The highest BCUT2D eigenvalue weighted by molar-refractivity contribution is 5.96. The van der Waals surface area contributed by atoms with Gasteiger partial charge in [-0.3, -0.25) is 14.3 Å². The average molecular weight is 571 g/mol. The molecule has 0 aliphatic carbocycles. The van der Waals surface area contributed by atoms with E-state index in [4.69, 9.17) is 5.73 Å². The number of aryl methyl sites for hydroxylation is 1. The van der Waals surface area contributed by atoms with Crippen molar-refractivity contribution in [2.75, 3.05) is 31.5 Å². The van der Waals surface area contributed by atoms with Gasteiger partial charge >= 0.3 is 12.2 Å². The lowest BCUT2D eigenvalue weighted by Gasteiger charge is -2.17. The van der Waals surface area contributed by atoms with E-state index < -0.39 is 11.9 Å². The maximum Gasteiger partial charge on any atom is 0.435 e. The number of urea groups is 1. The van der Waals surface area contributed by atoms with Gasteiger partial charge in [-0.1, -0.05) is 6.92 Å². The molecule has 0 bridgehead atoms. The number of carbonyl (C=O) groups is 2. The van der Waals surface area contributed by atoms with Crippen molar-refractivity contribution < 1.29 is 22.8 Å². The Morgan fingerprint density at radius 1 is 1.20 bits per heavy atom. The van der Waals surface area contributed by atoms with Crippen molar-refractivity contribution in [3.05, 3.63) is 59.8 Å². The van der Waals surface area contributed by atoms with Crippen LogP contribution in [0, 0.1) is 0 Å². The molecule has 6 N–H and O–H groups in total. The van der Waals surface area contributed by atoms with Crippen molar-refractivity contribution in [1.29, 1.82) is 0 Å². The van der Waals surface area contributed by atoms with Crippen molar-refractivity contribution in [1.82, 2.24) is 40.1 Å². The molecule has 12 nitrogen and oxygen atoms in total. The van der Waals surface area contributed by atoms with Crippen LogP contribution in [0.25, 0.3) is 16.9 Å². The first-order valence-corrected chi connectivity index (χ1v) is 13.1. The molecule has 4 heterocycles. The van der Waals surface area contributed by atoms with Gasteiger partial charge in [-0.15, -0.1) is 0 Å². The number of aromatic amines is 1. The van der Waals surface area contributed by atoms with Crippen LogP contribution in [0.15, 0.2) is 43.0 Å². The number of alkyl halides is 3. The van der Waals surface area contributed by atoms with Crippen LogP contribution < -0.4 is 21.7 Å². The van der Waals surface area contributed by atoms with Crippen LogP contribution in [0.1, 0.15) is 35.0 Å². The third-order valence-electron chi connectivity index (χ3n) is 6.81. The number of hydrogen-bond donors (Lipinski definition) is 5. The first kappa shape index (κ1) is 27.9. The van der Waals surface area contributed by atoms with Gasteiger partial charge in [0.25, 0.3) is 5.91 Å². The zero-order valence-electron chi connectivity index (χ0n) is 22.1. The number of nitrogens with zero attached hydrogens (tertiary/aromatic N) is 5. The first-order valence-electron chi connectivity index (χ1n) is 13.1. The summed E-state index contributed by atoms with van der Waals surface area (Å²) in [5.74, 6) is 0.0503. The predicted octanol–water partition coefficient (Wildman–Crippen LogP) is 2.92. The highest BCUT2D eigenvalue weighted by Gasteiger charge is 2.37. The van der Waals surface area contributed by atoms with Crippen LogP contribution in [0.2, 0.25) is 0 Å². The van der Waals surface area contributed by atoms with Gasteiger partial charge in [0.15, 0.2) is 17.2 Å². The van der Waals surface area contributed by atoms with E-state index >= 15 is 0 Å².